The molecule has 2 saturated heterocycles. The van der Waals surface area contributed by atoms with E-state index in [9.17, 15) is 4.79 Å². The van der Waals surface area contributed by atoms with Crippen LogP contribution in [0.2, 0.25) is 5.15 Å². The van der Waals surface area contributed by atoms with Crippen LogP contribution in [0.15, 0.2) is 6.20 Å². The fourth-order valence-electron chi connectivity index (χ4n) is 3.01. The molecule has 6 nitrogen and oxygen atoms in total. The molecule has 0 saturated carbocycles. The van der Waals surface area contributed by atoms with Crippen molar-refractivity contribution in [2.45, 2.75) is 18.9 Å². The summed E-state index contributed by atoms with van der Waals surface area (Å²) in [5, 5.41) is 3.15. The number of ether oxygens (including phenoxy) is 1. The predicted octanol–water partition coefficient (Wildman–Crippen LogP) is 0.963. The van der Waals surface area contributed by atoms with Crippen molar-refractivity contribution in [1.82, 2.24) is 20.2 Å². The Morgan fingerprint density at radius 3 is 3.10 bits per heavy atom. The Kier molecular flexibility index (Phi) is 3.76. The molecule has 3 rings (SSSR count). The number of methoxy groups -OCH3 is 1. The lowest BCUT2D eigenvalue weighted by atomic mass is 9.97. The lowest BCUT2D eigenvalue weighted by Crippen LogP contribution is -2.47. The van der Waals surface area contributed by atoms with Gasteiger partial charge in [-0.1, -0.05) is 11.6 Å². The molecule has 0 aliphatic carbocycles. The number of carbonyl (C=O) groups is 1. The van der Waals surface area contributed by atoms with E-state index in [1.807, 2.05) is 0 Å². The summed E-state index contributed by atoms with van der Waals surface area (Å²) in [5.41, 5.74) is 0. The maximum absolute atomic E-state index is 12.1. The third-order valence-corrected chi connectivity index (χ3v) is 4.21. The van der Waals surface area contributed by atoms with E-state index in [4.69, 9.17) is 16.3 Å². The van der Waals surface area contributed by atoms with E-state index in [2.05, 4.69) is 20.2 Å². The lowest BCUT2D eigenvalue weighted by molar-refractivity contribution is 0.0898. The zero-order valence-electron chi connectivity index (χ0n) is 11.3. The number of hydrogen-bond acceptors (Lipinski definition) is 5. The lowest BCUT2D eigenvalue weighted by Gasteiger charge is -2.30. The van der Waals surface area contributed by atoms with Gasteiger partial charge in [0.15, 0.2) is 10.9 Å². The van der Waals surface area contributed by atoms with Gasteiger partial charge in [0, 0.05) is 19.1 Å². The van der Waals surface area contributed by atoms with Crippen LogP contribution in [0.4, 0.5) is 0 Å². The molecule has 3 atom stereocenters. The van der Waals surface area contributed by atoms with Crippen molar-refractivity contribution < 1.29 is 9.53 Å². The van der Waals surface area contributed by atoms with Gasteiger partial charge in [0.05, 0.1) is 13.3 Å². The maximum atomic E-state index is 12.1. The molecule has 2 aliphatic rings. The minimum Gasteiger partial charge on any atom is -0.492 e. The molecule has 2 fully saturated rings. The van der Waals surface area contributed by atoms with Crippen molar-refractivity contribution in [2.75, 3.05) is 26.7 Å². The smallest absolute Gasteiger partial charge is 0.289 e. The summed E-state index contributed by atoms with van der Waals surface area (Å²) in [6.07, 6.45) is 3.68. The zero-order chi connectivity index (χ0) is 14.1. The SMILES string of the molecule is COc1cnc(C(=O)N[C@@H]2C[C@H]3CCN(C3)C2)nc1Cl. The van der Waals surface area contributed by atoms with Gasteiger partial charge in [-0.3, -0.25) is 4.79 Å². The monoisotopic (exact) mass is 296 g/mol. The average molecular weight is 297 g/mol. The van der Waals surface area contributed by atoms with Crippen molar-refractivity contribution in [2.24, 2.45) is 5.92 Å². The third-order valence-electron chi connectivity index (χ3n) is 3.94. The Morgan fingerprint density at radius 1 is 1.55 bits per heavy atom. The van der Waals surface area contributed by atoms with Gasteiger partial charge in [-0.2, -0.15) is 0 Å². The highest BCUT2D eigenvalue weighted by Gasteiger charge is 2.33. The number of rotatable bonds is 3. The molecule has 20 heavy (non-hydrogen) atoms. The molecule has 1 unspecified atom stereocenters. The van der Waals surface area contributed by atoms with Crippen LogP contribution in [0.25, 0.3) is 0 Å². The quantitative estimate of drug-likeness (QED) is 0.842. The van der Waals surface area contributed by atoms with E-state index in [0.29, 0.717) is 11.7 Å². The van der Waals surface area contributed by atoms with Gasteiger partial charge < -0.3 is 15.0 Å². The van der Waals surface area contributed by atoms with Crippen LogP contribution in [0.5, 0.6) is 5.75 Å². The van der Waals surface area contributed by atoms with Crippen LogP contribution in [0.1, 0.15) is 23.5 Å². The Morgan fingerprint density at radius 2 is 2.40 bits per heavy atom. The molecule has 0 radical (unpaired) electrons. The van der Waals surface area contributed by atoms with Crippen LogP contribution in [-0.4, -0.2) is 53.6 Å². The van der Waals surface area contributed by atoms with Gasteiger partial charge in [-0.05, 0) is 25.3 Å². The van der Waals surface area contributed by atoms with Crippen LogP contribution in [-0.2, 0) is 0 Å². The molecule has 2 aliphatic heterocycles. The summed E-state index contributed by atoms with van der Waals surface area (Å²) in [4.78, 5) is 22.5. The van der Waals surface area contributed by atoms with Crippen molar-refractivity contribution >= 4 is 17.5 Å². The third kappa shape index (κ3) is 2.71. The minimum atomic E-state index is -0.276. The average Bonchev–Trinajstić information content (AvgIpc) is 2.77. The Labute approximate surface area is 122 Å². The zero-order valence-corrected chi connectivity index (χ0v) is 12.1. The van der Waals surface area contributed by atoms with Crippen LogP contribution < -0.4 is 10.1 Å². The first-order valence-corrected chi connectivity index (χ1v) is 7.13. The van der Waals surface area contributed by atoms with Gasteiger partial charge in [0.2, 0.25) is 5.82 Å². The highest BCUT2D eigenvalue weighted by molar-refractivity contribution is 6.30. The number of fused-ring (bicyclic) bond motifs is 2. The van der Waals surface area contributed by atoms with E-state index in [1.54, 1.807) is 0 Å². The molecule has 1 aromatic rings. The molecule has 2 bridgehead atoms. The molecule has 1 N–H and O–H groups in total. The number of amides is 1. The number of nitrogens with one attached hydrogen (secondary N) is 1. The Bertz CT molecular complexity index is 513. The Balaban J connectivity index is 1.65. The second-order valence-corrected chi connectivity index (χ2v) is 5.73. The summed E-state index contributed by atoms with van der Waals surface area (Å²) in [6, 6.07) is 0.174. The van der Waals surface area contributed by atoms with Crippen molar-refractivity contribution in [1.29, 1.82) is 0 Å². The fourth-order valence-corrected chi connectivity index (χ4v) is 3.22. The number of aromatic nitrogens is 2. The van der Waals surface area contributed by atoms with Gasteiger partial charge in [-0.25, -0.2) is 9.97 Å². The molecule has 1 amide bonds. The van der Waals surface area contributed by atoms with Crippen LogP contribution in [0, 0.1) is 5.92 Å². The summed E-state index contributed by atoms with van der Waals surface area (Å²) in [7, 11) is 1.48. The summed E-state index contributed by atoms with van der Waals surface area (Å²) < 4.78 is 4.97. The number of piperidine rings is 1. The molecule has 7 heteroatoms. The van der Waals surface area contributed by atoms with Crippen molar-refractivity contribution in [3.8, 4) is 5.75 Å². The van der Waals surface area contributed by atoms with E-state index in [0.717, 1.165) is 26.1 Å². The maximum Gasteiger partial charge on any atom is 0.289 e. The van der Waals surface area contributed by atoms with E-state index in [-0.39, 0.29) is 22.9 Å². The summed E-state index contributed by atoms with van der Waals surface area (Å²) >= 11 is 5.91. The Hall–Kier alpha value is -1.40. The van der Waals surface area contributed by atoms with Gasteiger partial charge in [0.1, 0.15) is 0 Å². The molecule has 1 aromatic heterocycles. The first-order valence-electron chi connectivity index (χ1n) is 6.75. The van der Waals surface area contributed by atoms with Crippen molar-refractivity contribution in [3.63, 3.8) is 0 Å². The number of nitrogens with zero attached hydrogens (tertiary/aromatic N) is 3. The topological polar surface area (TPSA) is 67.3 Å². The summed E-state index contributed by atoms with van der Waals surface area (Å²) in [6.45, 7) is 3.21. The molecular formula is C13H17ClN4O2. The first-order chi connectivity index (χ1) is 9.65. The summed E-state index contributed by atoms with van der Waals surface area (Å²) in [5.74, 6) is 0.880. The van der Waals surface area contributed by atoms with Gasteiger partial charge in [0.25, 0.3) is 5.91 Å². The number of hydrogen-bond donors (Lipinski definition) is 1. The molecule has 0 spiro atoms. The van der Waals surface area contributed by atoms with Crippen molar-refractivity contribution in [3.05, 3.63) is 17.2 Å². The number of carbonyl (C=O) groups excluding carboxylic acids is 1. The highest BCUT2D eigenvalue weighted by atomic mass is 35.5. The largest absolute Gasteiger partial charge is 0.492 e. The van der Waals surface area contributed by atoms with Gasteiger partial charge in [-0.15, -0.1) is 0 Å². The highest BCUT2D eigenvalue weighted by Crippen LogP contribution is 2.27. The van der Waals surface area contributed by atoms with E-state index >= 15 is 0 Å². The van der Waals surface area contributed by atoms with E-state index < -0.39 is 0 Å². The molecule has 3 heterocycles. The fraction of sp³-hybridized carbons (Fsp3) is 0.615. The second kappa shape index (κ2) is 5.54. The van der Waals surface area contributed by atoms with Crippen LogP contribution >= 0.6 is 11.6 Å². The number of halogens is 1. The minimum absolute atomic E-state index is 0.0868. The van der Waals surface area contributed by atoms with Crippen LogP contribution in [0.3, 0.4) is 0 Å². The second-order valence-electron chi connectivity index (χ2n) is 5.37. The standard InChI is InChI=1S/C13H17ClN4O2/c1-20-10-5-15-12(17-11(10)14)13(19)16-9-4-8-2-3-18(6-8)7-9/h5,8-9H,2-4,6-7H2,1H3,(H,16,19)/t8-,9-/m1/s1. The molecule has 0 aromatic carbocycles. The molecular weight excluding hydrogens is 280 g/mol. The van der Waals surface area contributed by atoms with E-state index in [1.165, 1.54) is 19.7 Å². The molecule has 108 valence electrons. The predicted molar refractivity (Wildman–Crippen MR) is 74.0 cm³/mol. The normalized spacial score (nSPS) is 28.2. The first kappa shape index (κ1) is 13.6. The van der Waals surface area contributed by atoms with Gasteiger partial charge >= 0.3 is 0 Å².